The molecule has 1 fully saturated rings. The van der Waals surface area contributed by atoms with E-state index in [4.69, 9.17) is 10.8 Å². The van der Waals surface area contributed by atoms with Gasteiger partial charge >= 0.3 is 5.97 Å². The monoisotopic (exact) mass is 197 g/mol. The summed E-state index contributed by atoms with van der Waals surface area (Å²) in [7, 11) is 0. The number of hydrogen-bond donors (Lipinski definition) is 2. The molecular formula is C9H11NO2S. The fourth-order valence-corrected chi connectivity index (χ4v) is 2.59. The summed E-state index contributed by atoms with van der Waals surface area (Å²) in [5, 5.41) is 8.83. The second-order valence-electron chi connectivity index (χ2n) is 3.55. The molecule has 0 aromatic carbocycles. The van der Waals surface area contributed by atoms with Crippen molar-refractivity contribution in [2.24, 2.45) is 5.73 Å². The Labute approximate surface area is 80.2 Å². The second kappa shape index (κ2) is 2.56. The maximum Gasteiger partial charge on any atom is 0.324 e. The molecule has 4 heteroatoms. The Balaban J connectivity index is 2.20. The van der Waals surface area contributed by atoms with Crippen molar-refractivity contribution in [2.45, 2.75) is 24.8 Å². The summed E-state index contributed by atoms with van der Waals surface area (Å²) in [4.78, 5) is 13.1. The van der Waals surface area contributed by atoms with Crippen molar-refractivity contribution in [2.75, 3.05) is 0 Å². The Hall–Kier alpha value is -0.870. The molecule has 2 rings (SSSR count). The molecule has 13 heavy (non-hydrogen) atoms. The maximum atomic E-state index is 10.8. The summed E-state index contributed by atoms with van der Waals surface area (Å²) in [5.41, 5.74) is 4.69. The van der Waals surface area contributed by atoms with E-state index in [0.717, 1.165) is 4.88 Å². The van der Waals surface area contributed by atoms with Gasteiger partial charge in [-0.3, -0.25) is 4.79 Å². The molecule has 1 aliphatic carbocycles. The summed E-state index contributed by atoms with van der Waals surface area (Å²) in [5.74, 6) is -0.854. The Bertz CT molecular complexity index is 360. The highest BCUT2D eigenvalue weighted by atomic mass is 32.1. The van der Waals surface area contributed by atoms with Crippen LogP contribution in [0.3, 0.4) is 0 Å². The zero-order valence-corrected chi connectivity index (χ0v) is 8.10. The third kappa shape index (κ3) is 1.26. The second-order valence-corrected chi connectivity index (χ2v) is 4.87. The topological polar surface area (TPSA) is 63.3 Å². The fourth-order valence-electron chi connectivity index (χ4n) is 1.51. The van der Waals surface area contributed by atoms with Gasteiger partial charge in [-0.15, -0.1) is 11.3 Å². The molecule has 3 N–H and O–H groups in total. The summed E-state index contributed by atoms with van der Waals surface area (Å²) in [6.07, 6.45) is 0.572. The van der Waals surface area contributed by atoms with Crippen molar-refractivity contribution in [3.05, 3.63) is 21.9 Å². The van der Waals surface area contributed by atoms with Crippen LogP contribution in [-0.2, 0) is 4.79 Å². The first kappa shape index (κ1) is 8.72. The van der Waals surface area contributed by atoms with E-state index in [0.29, 0.717) is 6.42 Å². The highest BCUT2D eigenvalue weighted by molar-refractivity contribution is 7.12. The van der Waals surface area contributed by atoms with E-state index in [1.807, 2.05) is 19.1 Å². The van der Waals surface area contributed by atoms with Gasteiger partial charge in [-0.25, -0.2) is 0 Å². The third-order valence-electron chi connectivity index (χ3n) is 2.51. The van der Waals surface area contributed by atoms with Crippen LogP contribution in [0.15, 0.2) is 12.1 Å². The van der Waals surface area contributed by atoms with Crippen LogP contribution in [-0.4, -0.2) is 16.6 Å². The molecule has 0 aliphatic heterocycles. The van der Waals surface area contributed by atoms with Gasteiger partial charge in [-0.2, -0.15) is 0 Å². The van der Waals surface area contributed by atoms with Crippen LogP contribution in [0.25, 0.3) is 0 Å². The van der Waals surface area contributed by atoms with Gasteiger partial charge in [0.1, 0.15) is 5.54 Å². The molecule has 1 heterocycles. The first-order valence-corrected chi connectivity index (χ1v) is 4.94. The van der Waals surface area contributed by atoms with Crippen LogP contribution in [0, 0.1) is 6.92 Å². The molecule has 0 amide bonds. The quantitative estimate of drug-likeness (QED) is 0.751. The van der Waals surface area contributed by atoms with E-state index < -0.39 is 11.5 Å². The smallest absolute Gasteiger partial charge is 0.324 e. The zero-order chi connectivity index (χ0) is 9.64. The molecule has 1 aromatic heterocycles. The normalized spacial score (nSPS) is 31.7. The van der Waals surface area contributed by atoms with Crippen molar-refractivity contribution < 1.29 is 9.90 Å². The number of hydrogen-bond acceptors (Lipinski definition) is 3. The molecule has 70 valence electrons. The number of carboxylic acid groups (broad SMARTS) is 1. The Morgan fingerprint density at radius 3 is 2.85 bits per heavy atom. The van der Waals surface area contributed by atoms with Crippen LogP contribution >= 0.6 is 11.3 Å². The fraction of sp³-hybridized carbons (Fsp3) is 0.444. The largest absolute Gasteiger partial charge is 0.480 e. The number of carbonyl (C=O) groups is 1. The molecular weight excluding hydrogens is 186 g/mol. The number of thiophene rings is 1. The highest BCUT2D eigenvalue weighted by Gasteiger charge is 2.58. The van der Waals surface area contributed by atoms with E-state index in [1.54, 1.807) is 11.3 Å². The average molecular weight is 197 g/mol. The van der Waals surface area contributed by atoms with Gasteiger partial charge < -0.3 is 10.8 Å². The molecule has 0 bridgehead atoms. The van der Waals surface area contributed by atoms with Crippen LogP contribution in [0.2, 0.25) is 0 Å². The number of aliphatic carboxylic acids is 1. The summed E-state index contributed by atoms with van der Waals surface area (Å²) in [6.45, 7) is 2.01. The van der Waals surface area contributed by atoms with Gasteiger partial charge in [-0.05, 0) is 25.5 Å². The van der Waals surface area contributed by atoms with E-state index >= 15 is 0 Å². The van der Waals surface area contributed by atoms with Gasteiger partial charge in [0, 0.05) is 15.7 Å². The lowest BCUT2D eigenvalue weighted by Crippen LogP contribution is -2.34. The molecule has 0 spiro atoms. The van der Waals surface area contributed by atoms with Crippen molar-refractivity contribution in [3.8, 4) is 0 Å². The van der Waals surface area contributed by atoms with Crippen LogP contribution in [0.1, 0.15) is 22.1 Å². The molecule has 3 nitrogen and oxygen atoms in total. The molecule has 0 unspecified atom stereocenters. The van der Waals surface area contributed by atoms with E-state index in [2.05, 4.69) is 0 Å². The lowest BCUT2D eigenvalue weighted by atomic mass is 10.2. The number of aryl methyl sites for hydroxylation is 1. The molecule has 0 saturated heterocycles. The van der Waals surface area contributed by atoms with Crippen LogP contribution in [0.4, 0.5) is 0 Å². The van der Waals surface area contributed by atoms with Gasteiger partial charge in [0.05, 0.1) is 0 Å². The Morgan fingerprint density at radius 1 is 1.77 bits per heavy atom. The van der Waals surface area contributed by atoms with Crippen molar-refractivity contribution in [3.63, 3.8) is 0 Å². The number of rotatable bonds is 2. The SMILES string of the molecule is Cc1ccc([C@H]2C[C@@]2(N)C(=O)O)s1. The molecule has 1 aliphatic rings. The standard InChI is InChI=1S/C9H11NO2S/c1-5-2-3-7(13-5)6-4-9(6,10)8(11)12/h2-3,6H,4,10H2,1H3,(H,11,12)/t6-,9+/m1/s1. The molecule has 1 saturated carbocycles. The first-order valence-electron chi connectivity index (χ1n) is 4.12. The minimum absolute atomic E-state index is 0.0312. The summed E-state index contributed by atoms with van der Waals surface area (Å²) < 4.78 is 0. The van der Waals surface area contributed by atoms with E-state index in [9.17, 15) is 4.79 Å². The Morgan fingerprint density at radius 2 is 2.46 bits per heavy atom. The van der Waals surface area contributed by atoms with Gasteiger partial charge in [0.2, 0.25) is 0 Å². The van der Waals surface area contributed by atoms with Crippen LogP contribution < -0.4 is 5.73 Å². The molecule has 0 radical (unpaired) electrons. The van der Waals surface area contributed by atoms with Crippen molar-refractivity contribution >= 4 is 17.3 Å². The van der Waals surface area contributed by atoms with Gasteiger partial charge in [0.15, 0.2) is 0 Å². The molecule has 2 atom stereocenters. The van der Waals surface area contributed by atoms with Gasteiger partial charge in [-0.1, -0.05) is 0 Å². The van der Waals surface area contributed by atoms with Crippen molar-refractivity contribution in [1.29, 1.82) is 0 Å². The highest BCUT2D eigenvalue weighted by Crippen LogP contribution is 2.51. The van der Waals surface area contributed by atoms with E-state index in [-0.39, 0.29) is 5.92 Å². The lowest BCUT2D eigenvalue weighted by Gasteiger charge is -2.02. The van der Waals surface area contributed by atoms with Crippen molar-refractivity contribution in [1.82, 2.24) is 0 Å². The third-order valence-corrected chi connectivity index (χ3v) is 3.62. The average Bonchev–Trinajstić information content (AvgIpc) is 2.55. The van der Waals surface area contributed by atoms with Gasteiger partial charge in [0.25, 0.3) is 0 Å². The first-order chi connectivity index (χ1) is 6.04. The van der Waals surface area contributed by atoms with Crippen LogP contribution in [0.5, 0.6) is 0 Å². The summed E-state index contributed by atoms with van der Waals surface area (Å²) in [6, 6.07) is 3.98. The predicted octanol–water partition coefficient (Wildman–Crippen LogP) is 1.33. The summed E-state index contributed by atoms with van der Waals surface area (Å²) >= 11 is 1.63. The minimum atomic E-state index is -0.989. The minimum Gasteiger partial charge on any atom is -0.480 e. The number of carboxylic acids is 1. The zero-order valence-electron chi connectivity index (χ0n) is 7.28. The van der Waals surface area contributed by atoms with E-state index in [1.165, 1.54) is 4.88 Å². The predicted molar refractivity (Wildman–Crippen MR) is 51.0 cm³/mol. The lowest BCUT2D eigenvalue weighted by molar-refractivity contribution is -0.139. The maximum absolute atomic E-state index is 10.8. The molecule has 1 aromatic rings. The Kier molecular flexibility index (Phi) is 1.72. The number of nitrogens with two attached hydrogens (primary N) is 1.